The first-order chi connectivity index (χ1) is 12.7. The summed E-state index contributed by atoms with van der Waals surface area (Å²) in [5, 5.41) is 0. The molecule has 0 radical (unpaired) electrons. The summed E-state index contributed by atoms with van der Waals surface area (Å²) in [5.74, 6) is -0.280. The lowest BCUT2D eigenvalue weighted by Gasteiger charge is -2.20. The molecule has 2 saturated heterocycles. The van der Waals surface area contributed by atoms with Gasteiger partial charge < -0.3 is 23.8 Å². The van der Waals surface area contributed by atoms with Gasteiger partial charge in [-0.2, -0.15) is 0 Å². The highest BCUT2D eigenvalue weighted by Crippen LogP contribution is 2.36. The van der Waals surface area contributed by atoms with Crippen LogP contribution in [0.5, 0.6) is 0 Å². The van der Waals surface area contributed by atoms with Crippen molar-refractivity contribution in [2.24, 2.45) is 11.8 Å². The predicted octanol–water partition coefficient (Wildman–Crippen LogP) is 2.20. The average molecular weight is 363 g/mol. The Morgan fingerprint density at radius 1 is 1.27 bits per heavy atom. The molecule has 1 amide bonds. The minimum absolute atomic E-state index is 0.0453. The van der Waals surface area contributed by atoms with Crippen molar-refractivity contribution in [3.63, 3.8) is 0 Å². The molecule has 2 aliphatic heterocycles. The SMILES string of the molecule is CCOC(=O)OC[C@@H]1[C@@H](CCOCc2ccccc2)C(=O)N2COC[C@@H]12. The smallest absolute Gasteiger partial charge is 0.435 e. The molecule has 3 rings (SSSR count). The average Bonchev–Trinajstić information content (AvgIpc) is 3.21. The van der Waals surface area contributed by atoms with Crippen LogP contribution in [0, 0.1) is 11.8 Å². The van der Waals surface area contributed by atoms with Gasteiger partial charge in [-0.25, -0.2) is 4.79 Å². The third-order valence-electron chi connectivity index (χ3n) is 4.87. The van der Waals surface area contributed by atoms with Gasteiger partial charge in [0.15, 0.2) is 0 Å². The van der Waals surface area contributed by atoms with E-state index in [9.17, 15) is 9.59 Å². The van der Waals surface area contributed by atoms with E-state index in [0.29, 0.717) is 33.0 Å². The highest BCUT2D eigenvalue weighted by molar-refractivity contribution is 5.82. The fourth-order valence-electron chi connectivity index (χ4n) is 3.57. The van der Waals surface area contributed by atoms with Crippen LogP contribution in [0.2, 0.25) is 0 Å². The molecule has 2 aliphatic rings. The van der Waals surface area contributed by atoms with Gasteiger partial charge in [0.25, 0.3) is 0 Å². The van der Waals surface area contributed by atoms with E-state index < -0.39 is 6.16 Å². The lowest BCUT2D eigenvalue weighted by atomic mass is 9.89. The molecular weight excluding hydrogens is 338 g/mol. The van der Waals surface area contributed by atoms with Crippen LogP contribution < -0.4 is 0 Å². The fraction of sp³-hybridized carbons (Fsp3) is 0.579. The van der Waals surface area contributed by atoms with E-state index in [1.807, 2.05) is 30.3 Å². The van der Waals surface area contributed by atoms with Gasteiger partial charge >= 0.3 is 6.16 Å². The van der Waals surface area contributed by atoms with Crippen molar-refractivity contribution in [3.8, 4) is 0 Å². The number of carbonyl (C=O) groups excluding carboxylic acids is 2. The molecule has 2 heterocycles. The number of fused-ring (bicyclic) bond motifs is 1. The Labute approximate surface area is 153 Å². The first-order valence-corrected chi connectivity index (χ1v) is 9.00. The van der Waals surface area contributed by atoms with Crippen molar-refractivity contribution in [2.45, 2.75) is 26.0 Å². The molecular formula is C19H25NO6. The molecule has 26 heavy (non-hydrogen) atoms. The highest BCUT2D eigenvalue weighted by atomic mass is 16.7. The zero-order chi connectivity index (χ0) is 18.4. The molecule has 0 aromatic heterocycles. The van der Waals surface area contributed by atoms with Crippen LogP contribution in [0.3, 0.4) is 0 Å². The molecule has 3 atom stereocenters. The molecule has 0 saturated carbocycles. The predicted molar refractivity (Wildman–Crippen MR) is 92.1 cm³/mol. The lowest BCUT2D eigenvalue weighted by molar-refractivity contribution is -0.133. The van der Waals surface area contributed by atoms with E-state index in [1.165, 1.54) is 0 Å². The Bertz CT molecular complexity index is 607. The van der Waals surface area contributed by atoms with Crippen LogP contribution in [-0.2, 0) is 30.3 Å². The van der Waals surface area contributed by atoms with Gasteiger partial charge in [-0.3, -0.25) is 4.79 Å². The Hall–Kier alpha value is -2.12. The van der Waals surface area contributed by atoms with Crippen molar-refractivity contribution in [1.82, 2.24) is 4.90 Å². The van der Waals surface area contributed by atoms with Gasteiger partial charge in [0, 0.05) is 18.4 Å². The summed E-state index contributed by atoms with van der Waals surface area (Å²) in [5.41, 5.74) is 1.10. The zero-order valence-corrected chi connectivity index (χ0v) is 15.0. The number of carbonyl (C=O) groups is 2. The van der Waals surface area contributed by atoms with Crippen LogP contribution in [0.25, 0.3) is 0 Å². The maximum absolute atomic E-state index is 12.7. The summed E-state index contributed by atoms with van der Waals surface area (Å²) in [7, 11) is 0. The molecule has 0 spiro atoms. The zero-order valence-electron chi connectivity index (χ0n) is 15.0. The molecule has 7 heteroatoms. The Morgan fingerprint density at radius 2 is 2.08 bits per heavy atom. The number of amides is 1. The minimum atomic E-state index is -0.698. The Morgan fingerprint density at radius 3 is 2.85 bits per heavy atom. The first kappa shape index (κ1) is 18.7. The van der Waals surface area contributed by atoms with Crippen molar-refractivity contribution in [2.75, 3.05) is 33.2 Å². The topological polar surface area (TPSA) is 74.3 Å². The number of nitrogens with zero attached hydrogens (tertiary/aromatic N) is 1. The fourth-order valence-corrected chi connectivity index (χ4v) is 3.57. The van der Waals surface area contributed by atoms with Gasteiger partial charge in [-0.15, -0.1) is 0 Å². The third kappa shape index (κ3) is 4.34. The van der Waals surface area contributed by atoms with Crippen molar-refractivity contribution < 1.29 is 28.5 Å². The maximum Gasteiger partial charge on any atom is 0.508 e. The van der Waals surface area contributed by atoms with Crippen LogP contribution >= 0.6 is 0 Å². The number of ether oxygens (including phenoxy) is 4. The standard InChI is InChI=1S/C19H25NO6/c1-2-25-19(22)26-11-16-15(18(21)20-13-24-12-17(16)20)8-9-23-10-14-6-4-3-5-7-14/h3-7,15-17H,2,8-13H2,1H3/t15-,16-,17+/m1/s1. The molecule has 0 aliphatic carbocycles. The molecule has 0 unspecified atom stereocenters. The van der Waals surface area contributed by atoms with Gasteiger partial charge in [0.05, 0.1) is 25.9 Å². The Balaban J connectivity index is 1.52. The van der Waals surface area contributed by atoms with Crippen LogP contribution in [0.4, 0.5) is 4.79 Å². The van der Waals surface area contributed by atoms with Crippen molar-refractivity contribution in [3.05, 3.63) is 35.9 Å². The van der Waals surface area contributed by atoms with Gasteiger partial charge in [0.1, 0.15) is 13.3 Å². The van der Waals surface area contributed by atoms with E-state index in [0.717, 1.165) is 5.56 Å². The van der Waals surface area contributed by atoms with Gasteiger partial charge in [-0.1, -0.05) is 30.3 Å². The summed E-state index contributed by atoms with van der Waals surface area (Å²) in [6.07, 6.45) is -0.105. The highest BCUT2D eigenvalue weighted by Gasteiger charge is 2.50. The van der Waals surface area contributed by atoms with E-state index in [4.69, 9.17) is 18.9 Å². The minimum Gasteiger partial charge on any atom is -0.435 e. The molecule has 2 fully saturated rings. The summed E-state index contributed by atoms with van der Waals surface area (Å²) in [4.78, 5) is 25.9. The second-order valence-electron chi connectivity index (χ2n) is 6.47. The van der Waals surface area contributed by atoms with Crippen LogP contribution in [0.15, 0.2) is 30.3 Å². The lowest BCUT2D eigenvalue weighted by Crippen LogP contribution is -2.32. The number of benzene rings is 1. The molecule has 0 N–H and O–H groups in total. The van der Waals surface area contributed by atoms with E-state index in [2.05, 4.69) is 0 Å². The van der Waals surface area contributed by atoms with Gasteiger partial charge in [0.2, 0.25) is 5.91 Å². The maximum atomic E-state index is 12.7. The quantitative estimate of drug-likeness (QED) is 0.521. The van der Waals surface area contributed by atoms with E-state index in [1.54, 1.807) is 11.8 Å². The normalized spacial score (nSPS) is 24.6. The Kier molecular flexibility index (Phi) is 6.46. The van der Waals surface area contributed by atoms with Gasteiger partial charge in [-0.05, 0) is 18.9 Å². The molecule has 7 nitrogen and oxygen atoms in total. The van der Waals surface area contributed by atoms with Crippen molar-refractivity contribution >= 4 is 12.1 Å². The molecule has 0 bridgehead atoms. The number of hydrogen-bond acceptors (Lipinski definition) is 6. The van der Waals surface area contributed by atoms with Crippen molar-refractivity contribution in [1.29, 1.82) is 0 Å². The molecule has 142 valence electrons. The molecule has 1 aromatic rings. The van der Waals surface area contributed by atoms with E-state index >= 15 is 0 Å². The number of rotatable bonds is 8. The second kappa shape index (κ2) is 9.00. The van der Waals surface area contributed by atoms with Crippen LogP contribution in [-0.4, -0.2) is 56.2 Å². The summed E-state index contributed by atoms with van der Waals surface area (Å²) in [6, 6.07) is 9.86. The third-order valence-corrected chi connectivity index (χ3v) is 4.87. The second-order valence-corrected chi connectivity index (χ2v) is 6.47. The van der Waals surface area contributed by atoms with Crippen LogP contribution in [0.1, 0.15) is 18.9 Å². The monoisotopic (exact) mass is 363 g/mol. The first-order valence-electron chi connectivity index (χ1n) is 9.00. The van der Waals surface area contributed by atoms with E-state index in [-0.39, 0.29) is 37.0 Å². The largest absolute Gasteiger partial charge is 0.508 e. The number of hydrogen-bond donors (Lipinski definition) is 0. The summed E-state index contributed by atoms with van der Waals surface area (Å²) < 4.78 is 21.1. The summed E-state index contributed by atoms with van der Waals surface area (Å²) in [6.45, 7) is 3.91. The molecule has 1 aromatic carbocycles. The summed E-state index contributed by atoms with van der Waals surface area (Å²) >= 11 is 0.